The summed E-state index contributed by atoms with van der Waals surface area (Å²) in [6, 6.07) is 4.00. The van der Waals surface area contributed by atoms with E-state index in [1.165, 1.54) is 4.88 Å². The Morgan fingerprint density at radius 1 is 1.43 bits per heavy atom. The minimum Gasteiger partial charge on any atom is -0.312 e. The highest BCUT2D eigenvalue weighted by Crippen LogP contribution is 2.21. The second kappa shape index (κ2) is 3.38. The average molecular weight is 207 g/mol. The fraction of sp³-hybridized carbons (Fsp3) is 0.200. The molecule has 1 aromatic heterocycles. The highest BCUT2D eigenvalue weighted by Gasteiger charge is 2.21. The van der Waals surface area contributed by atoms with Crippen LogP contribution in [0.25, 0.3) is 6.08 Å². The summed E-state index contributed by atoms with van der Waals surface area (Å²) in [5, 5.41) is 3.61. The molecular formula is C10H9NO2S. The van der Waals surface area contributed by atoms with Gasteiger partial charge in [0, 0.05) is 9.75 Å². The summed E-state index contributed by atoms with van der Waals surface area (Å²) >= 11 is 1.64. The smallest absolute Gasteiger partial charge is 0.312 e. The molecular weight excluding hydrogens is 198 g/mol. The van der Waals surface area contributed by atoms with Crippen LogP contribution < -0.4 is 0 Å². The van der Waals surface area contributed by atoms with Crippen LogP contribution in [0.15, 0.2) is 22.9 Å². The molecule has 0 spiro atoms. The second-order valence-electron chi connectivity index (χ2n) is 3.06. The Balaban J connectivity index is 2.35. The van der Waals surface area contributed by atoms with E-state index in [0.717, 1.165) is 4.88 Å². The van der Waals surface area contributed by atoms with Crippen molar-refractivity contribution >= 4 is 29.1 Å². The maximum atomic E-state index is 11.2. The molecule has 4 heteroatoms. The van der Waals surface area contributed by atoms with Gasteiger partial charge in [0.05, 0.1) is 11.3 Å². The summed E-state index contributed by atoms with van der Waals surface area (Å²) < 4.78 is 0. The molecule has 0 bridgehead atoms. The molecule has 3 nitrogen and oxygen atoms in total. The van der Waals surface area contributed by atoms with Crippen LogP contribution in [0.3, 0.4) is 0 Å². The van der Waals surface area contributed by atoms with Crippen molar-refractivity contribution in [3.05, 3.63) is 27.5 Å². The molecule has 2 heterocycles. The van der Waals surface area contributed by atoms with Gasteiger partial charge < -0.3 is 4.84 Å². The number of rotatable bonds is 1. The van der Waals surface area contributed by atoms with E-state index in [1.54, 1.807) is 18.3 Å². The summed E-state index contributed by atoms with van der Waals surface area (Å²) in [7, 11) is 0. The first kappa shape index (κ1) is 9.15. The van der Waals surface area contributed by atoms with Crippen LogP contribution in [0, 0.1) is 6.92 Å². The fourth-order valence-electron chi connectivity index (χ4n) is 1.19. The van der Waals surface area contributed by atoms with E-state index in [0.29, 0.717) is 11.3 Å². The van der Waals surface area contributed by atoms with Crippen molar-refractivity contribution in [3.8, 4) is 0 Å². The summed E-state index contributed by atoms with van der Waals surface area (Å²) in [4.78, 5) is 18.0. The molecule has 0 saturated heterocycles. The van der Waals surface area contributed by atoms with Gasteiger partial charge in [-0.25, -0.2) is 4.79 Å². The Labute approximate surface area is 85.7 Å². The Morgan fingerprint density at radius 3 is 2.71 bits per heavy atom. The summed E-state index contributed by atoms with van der Waals surface area (Å²) in [5.74, 6) is -0.367. The highest BCUT2D eigenvalue weighted by molar-refractivity contribution is 7.12. The van der Waals surface area contributed by atoms with Gasteiger partial charge in [-0.05, 0) is 32.1 Å². The number of thiophene rings is 1. The lowest BCUT2D eigenvalue weighted by Gasteiger charge is -1.90. The molecule has 0 fully saturated rings. The van der Waals surface area contributed by atoms with E-state index in [4.69, 9.17) is 0 Å². The van der Waals surface area contributed by atoms with Gasteiger partial charge in [-0.1, -0.05) is 5.16 Å². The molecule has 72 valence electrons. The topological polar surface area (TPSA) is 38.7 Å². The fourth-order valence-corrected chi connectivity index (χ4v) is 2.01. The van der Waals surface area contributed by atoms with Crippen LogP contribution in [0.1, 0.15) is 16.7 Å². The van der Waals surface area contributed by atoms with E-state index < -0.39 is 0 Å². The molecule has 0 unspecified atom stereocenters. The summed E-state index contributed by atoms with van der Waals surface area (Å²) in [5.41, 5.74) is 1.19. The average Bonchev–Trinajstić information content (AvgIpc) is 2.67. The Morgan fingerprint density at radius 2 is 2.21 bits per heavy atom. The monoisotopic (exact) mass is 207 g/mol. The predicted octanol–water partition coefficient (Wildman–Crippen LogP) is 2.37. The molecule has 0 amide bonds. The molecule has 1 aromatic rings. The number of nitrogens with zero attached hydrogens (tertiary/aromatic N) is 1. The van der Waals surface area contributed by atoms with Crippen molar-refractivity contribution in [2.24, 2.45) is 5.16 Å². The molecule has 1 aliphatic rings. The third kappa shape index (κ3) is 1.61. The molecule has 0 atom stereocenters. The zero-order valence-corrected chi connectivity index (χ0v) is 8.72. The van der Waals surface area contributed by atoms with Crippen molar-refractivity contribution < 1.29 is 9.63 Å². The maximum absolute atomic E-state index is 11.2. The second-order valence-corrected chi connectivity index (χ2v) is 4.38. The molecule has 1 aliphatic heterocycles. The van der Waals surface area contributed by atoms with Crippen molar-refractivity contribution in [1.29, 1.82) is 0 Å². The Bertz CT molecular complexity index is 443. The van der Waals surface area contributed by atoms with Crippen LogP contribution in [-0.4, -0.2) is 11.7 Å². The Kier molecular flexibility index (Phi) is 2.21. The van der Waals surface area contributed by atoms with Crippen LogP contribution in [0.2, 0.25) is 0 Å². The number of oxime groups is 1. The first-order valence-electron chi connectivity index (χ1n) is 4.21. The SMILES string of the molecule is CC1=NOC(=O)/C1=C/c1ccc(C)s1. The number of aryl methyl sites for hydroxylation is 1. The molecule has 0 N–H and O–H groups in total. The van der Waals surface area contributed by atoms with E-state index in [-0.39, 0.29) is 5.97 Å². The van der Waals surface area contributed by atoms with Crippen molar-refractivity contribution in [2.75, 3.05) is 0 Å². The van der Waals surface area contributed by atoms with Gasteiger partial charge >= 0.3 is 5.97 Å². The normalized spacial score (nSPS) is 18.6. The predicted molar refractivity (Wildman–Crippen MR) is 56.2 cm³/mol. The third-order valence-corrected chi connectivity index (χ3v) is 2.87. The van der Waals surface area contributed by atoms with Gasteiger partial charge in [0.25, 0.3) is 0 Å². The first-order chi connectivity index (χ1) is 6.66. The van der Waals surface area contributed by atoms with Gasteiger partial charge in [-0.2, -0.15) is 0 Å². The van der Waals surface area contributed by atoms with Gasteiger partial charge in [0.1, 0.15) is 0 Å². The molecule has 0 aliphatic carbocycles. The van der Waals surface area contributed by atoms with Crippen molar-refractivity contribution in [3.63, 3.8) is 0 Å². The molecule has 2 rings (SSSR count). The van der Waals surface area contributed by atoms with Crippen molar-refractivity contribution in [2.45, 2.75) is 13.8 Å². The van der Waals surface area contributed by atoms with Gasteiger partial charge in [0.15, 0.2) is 0 Å². The minimum atomic E-state index is -0.367. The summed E-state index contributed by atoms with van der Waals surface area (Å²) in [6.07, 6.45) is 1.81. The molecule has 0 aromatic carbocycles. The zero-order chi connectivity index (χ0) is 10.1. The zero-order valence-electron chi connectivity index (χ0n) is 7.90. The molecule has 14 heavy (non-hydrogen) atoms. The lowest BCUT2D eigenvalue weighted by Crippen LogP contribution is -2.01. The van der Waals surface area contributed by atoms with Crippen LogP contribution >= 0.6 is 11.3 Å². The largest absolute Gasteiger partial charge is 0.367 e. The lowest BCUT2D eigenvalue weighted by molar-refractivity contribution is -0.136. The van der Waals surface area contributed by atoms with Crippen LogP contribution in [0.5, 0.6) is 0 Å². The van der Waals surface area contributed by atoms with Gasteiger partial charge in [-0.15, -0.1) is 11.3 Å². The minimum absolute atomic E-state index is 0.367. The highest BCUT2D eigenvalue weighted by atomic mass is 32.1. The number of carbonyl (C=O) groups excluding carboxylic acids is 1. The van der Waals surface area contributed by atoms with E-state index in [2.05, 4.69) is 9.99 Å². The summed E-state index contributed by atoms with van der Waals surface area (Å²) in [6.45, 7) is 3.79. The quantitative estimate of drug-likeness (QED) is 0.524. The van der Waals surface area contributed by atoms with Crippen LogP contribution in [0.4, 0.5) is 0 Å². The van der Waals surface area contributed by atoms with Gasteiger partial charge in [0.2, 0.25) is 0 Å². The molecule has 0 saturated carbocycles. The van der Waals surface area contributed by atoms with E-state index in [9.17, 15) is 4.79 Å². The third-order valence-electron chi connectivity index (χ3n) is 1.92. The Hall–Kier alpha value is -1.42. The van der Waals surface area contributed by atoms with E-state index >= 15 is 0 Å². The first-order valence-corrected chi connectivity index (χ1v) is 5.03. The lowest BCUT2D eigenvalue weighted by atomic mass is 10.1. The maximum Gasteiger partial charge on any atom is 0.367 e. The number of carbonyl (C=O) groups is 1. The van der Waals surface area contributed by atoms with Gasteiger partial charge in [-0.3, -0.25) is 0 Å². The number of hydrogen-bond donors (Lipinski definition) is 0. The standard InChI is InChI=1S/C10H9NO2S/c1-6-3-4-8(14-6)5-9-7(2)11-13-10(9)12/h3-5H,1-2H3/b9-5+. The molecule has 0 radical (unpaired) electrons. The number of hydrogen-bond acceptors (Lipinski definition) is 4. The van der Waals surface area contributed by atoms with E-state index in [1.807, 2.05) is 25.1 Å². The van der Waals surface area contributed by atoms with Crippen molar-refractivity contribution in [1.82, 2.24) is 0 Å². The van der Waals surface area contributed by atoms with Crippen LogP contribution in [-0.2, 0) is 9.63 Å².